The van der Waals surface area contributed by atoms with Gasteiger partial charge in [-0.25, -0.2) is 35.1 Å². The van der Waals surface area contributed by atoms with Crippen molar-refractivity contribution in [1.29, 1.82) is 0 Å². The minimum absolute atomic E-state index is 0.173. The number of aliphatic hydroxyl groups is 1. The van der Waals surface area contributed by atoms with Crippen molar-refractivity contribution in [2.75, 3.05) is 23.8 Å². The van der Waals surface area contributed by atoms with Crippen LogP contribution in [0.5, 0.6) is 0 Å². The molecule has 1 fully saturated rings. The van der Waals surface area contributed by atoms with E-state index in [9.17, 15) is 26.7 Å². The van der Waals surface area contributed by atoms with Gasteiger partial charge in [-0.2, -0.15) is 0 Å². The van der Waals surface area contributed by atoms with Crippen molar-refractivity contribution in [3.05, 3.63) is 47.8 Å². The van der Waals surface area contributed by atoms with Crippen LogP contribution in [0.2, 0.25) is 0 Å². The highest BCUT2D eigenvalue weighted by atomic mass is 32.2. The maximum atomic E-state index is 15.0. The summed E-state index contributed by atoms with van der Waals surface area (Å²) in [5.41, 5.74) is -1.24. The van der Waals surface area contributed by atoms with Gasteiger partial charge >= 0.3 is 0 Å². The van der Waals surface area contributed by atoms with E-state index in [2.05, 4.69) is 5.16 Å². The number of anilines is 1. The van der Waals surface area contributed by atoms with Crippen LogP contribution >= 0.6 is 0 Å². The Bertz CT molecular complexity index is 1290. The highest BCUT2D eigenvalue weighted by molar-refractivity contribution is 7.89. The van der Waals surface area contributed by atoms with Gasteiger partial charge in [0.05, 0.1) is 23.3 Å². The molecule has 7 nitrogen and oxygen atoms in total. The molecule has 0 radical (unpaired) electrons. The van der Waals surface area contributed by atoms with Crippen molar-refractivity contribution in [2.45, 2.75) is 24.9 Å². The molecule has 0 aliphatic carbocycles. The first-order chi connectivity index (χ1) is 15.5. The van der Waals surface area contributed by atoms with Crippen LogP contribution in [-0.4, -0.2) is 55.6 Å². The molecule has 33 heavy (non-hydrogen) atoms. The summed E-state index contributed by atoms with van der Waals surface area (Å²) in [6.07, 6.45) is 0. The monoisotopic (exact) mass is 491 g/mol. The van der Waals surface area contributed by atoms with Gasteiger partial charge in [0.15, 0.2) is 11.4 Å². The fourth-order valence-electron chi connectivity index (χ4n) is 3.93. The fraction of sp³-hybridized carbons (Fsp3) is 0.350. The second-order valence-corrected chi connectivity index (χ2v) is 9.57. The average molecular weight is 491 g/mol. The van der Waals surface area contributed by atoms with E-state index >= 15 is 8.78 Å². The van der Waals surface area contributed by atoms with Gasteiger partial charge in [0.25, 0.3) is 5.92 Å². The summed E-state index contributed by atoms with van der Waals surface area (Å²) >= 11 is 0. The number of sulfonamides is 1. The zero-order valence-corrected chi connectivity index (χ0v) is 17.8. The topological polar surface area (TPSA) is 95.7 Å². The zero-order valence-electron chi connectivity index (χ0n) is 17.0. The summed E-state index contributed by atoms with van der Waals surface area (Å²) in [4.78, 5) is 0.884. The first-order valence-corrected chi connectivity index (χ1v) is 11.4. The Kier molecular flexibility index (Phi) is 5.83. The number of rotatable bonds is 6. The molecule has 0 saturated carbocycles. The molecule has 0 unspecified atom stereocenters. The minimum Gasteiger partial charge on any atom is -0.394 e. The van der Waals surface area contributed by atoms with Crippen LogP contribution in [-0.2, 0) is 10.0 Å². The Morgan fingerprint density at radius 1 is 1.24 bits per heavy atom. The smallest absolute Gasteiger partial charge is 0.287 e. The van der Waals surface area contributed by atoms with E-state index in [-0.39, 0.29) is 22.4 Å². The van der Waals surface area contributed by atoms with Crippen LogP contribution in [0.1, 0.15) is 6.92 Å². The van der Waals surface area contributed by atoms with Crippen molar-refractivity contribution >= 4 is 26.8 Å². The summed E-state index contributed by atoms with van der Waals surface area (Å²) in [6, 6.07) is 0.792. The van der Waals surface area contributed by atoms with E-state index in [1.54, 1.807) is 0 Å². The molecular weight excluding hydrogens is 473 g/mol. The summed E-state index contributed by atoms with van der Waals surface area (Å²) in [5.74, 6) is -7.53. The zero-order chi connectivity index (χ0) is 24.1. The maximum Gasteiger partial charge on any atom is 0.287 e. The molecule has 0 amide bonds. The van der Waals surface area contributed by atoms with Crippen LogP contribution in [0.15, 0.2) is 34.9 Å². The van der Waals surface area contributed by atoms with Gasteiger partial charge in [-0.05, 0) is 25.1 Å². The normalized spacial score (nSPS) is 20.6. The molecule has 2 aromatic carbocycles. The van der Waals surface area contributed by atoms with Crippen molar-refractivity contribution in [1.82, 2.24) is 9.88 Å². The predicted molar refractivity (Wildman–Crippen MR) is 109 cm³/mol. The molecule has 2 heterocycles. The Morgan fingerprint density at radius 3 is 2.52 bits per heavy atom. The Balaban J connectivity index is 1.90. The van der Waals surface area contributed by atoms with Gasteiger partial charge in [-0.15, -0.1) is 0 Å². The van der Waals surface area contributed by atoms with Crippen LogP contribution in [0.4, 0.5) is 27.8 Å². The average Bonchev–Trinajstić information content (AvgIpc) is 3.25. The number of aliphatic hydroxyl groups excluding tert-OH is 1. The molecule has 4 rings (SSSR count). The molecule has 2 atom stereocenters. The van der Waals surface area contributed by atoms with Crippen molar-refractivity contribution < 1.29 is 40.0 Å². The molecule has 1 aliphatic rings. The Labute approximate surface area is 184 Å². The van der Waals surface area contributed by atoms with E-state index < -0.39 is 69.9 Å². The molecule has 178 valence electrons. The van der Waals surface area contributed by atoms with Gasteiger partial charge < -0.3 is 14.5 Å². The van der Waals surface area contributed by atoms with Crippen LogP contribution in [0, 0.1) is 17.5 Å². The van der Waals surface area contributed by atoms with E-state index in [1.807, 2.05) is 4.72 Å². The fourth-order valence-corrected chi connectivity index (χ4v) is 4.76. The lowest BCUT2D eigenvalue weighted by Gasteiger charge is -2.26. The Morgan fingerprint density at radius 2 is 1.91 bits per heavy atom. The predicted octanol–water partition coefficient (Wildman–Crippen LogP) is 3.04. The number of hydrogen-bond donors (Lipinski definition) is 2. The lowest BCUT2D eigenvalue weighted by atomic mass is 9.99. The number of fused-ring (bicyclic) bond motifs is 1. The van der Waals surface area contributed by atoms with Gasteiger partial charge in [0.1, 0.15) is 29.5 Å². The lowest BCUT2D eigenvalue weighted by Crippen LogP contribution is -2.50. The molecular formula is C20H18F5N3O4S. The third kappa shape index (κ3) is 3.93. The summed E-state index contributed by atoms with van der Waals surface area (Å²) in [7, 11) is -4.04. The third-order valence-corrected chi connectivity index (χ3v) is 6.97. The highest BCUT2D eigenvalue weighted by Crippen LogP contribution is 2.43. The second kappa shape index (κ2) is 8.22. The molecule has 1 aromatic heterocycles. The molecule has 0 bridgehead atoms. The maximum absolute atomic E-state index is 15.0. The summed E-state index contributed by atoms with van der Waals surface area (Å²) < 4.78 is 104. The van der Waals surface area contributed by atoms with Crippen molar-refractivity contribution in [3.8, 4) is 11.1 Å². The van der Waals surface area contributed by atoms with Gasteiger partial charge in [0, 0.05) is 18.2 Å². The molecule has 0 spiro atoms. The van der Waals surface area contributed by atoms with E-state index in [4.69, 9.17) is 4.52 Å². The number of alkyl halides is 2. The van der Waals surface area contributed by atoms with E-state index in [0.717, 1.165) is 35.2 Å². The van der Waals surface area contributed by atoms with Crippen LogP contribution < -0.4 is 9.62 Å². The van der Waals surface area contributed by atoms with Gasteiger partial charge in [0.2, 0.25) is 10.0 Å². The van der Waals surface area contributed by atoms with Crippen molar-refractivity contribution in [3.63, 3.8) is 0 Å². The number of aromatic nitrogens is 1. The number of nitrogens with zero attached hydrogens (tertiary/aromatic N) is 2. The van der Waals surface area contributed by atoms with Gasteiger partial charge in [-0.3, -0.25) is 0 Å². The molecule has 13 heteroatoms. The van der Waals surface area contributed by atoms with Gasteiger partial charge in [-0.1, -0.05) is 11.2 Å². The number of hydrogen-bond acceptors (Lipinski definition) is 6. The second-order valence-electron chi connectivity index (χ2n) is 7.53. The number of nitrogens with one attached hydrogen (secondary N) is 1. The first kappa shape index (κ1) is 23.4. The highest BCUT2D eigenvalue weighted by Gasteiger charge is 2.58. The minimum atomic E-state index is -4.04. The van der Waals surface area contributed by atoms with Crippen molar-refractivity contribution in [2.24, 2.45) is 0 Å². The summed E-state index contributed by atoms with van der Waals surface area (Å²) in [5, 5.41) is 13.2. The first-order valence-electron chi connectivity index (χ1n) is 9.78. The van der Waals surface area contributed by atoms with E-state index in [0.29, 0.717) is 0 Å². The summed E-state index contributed by atoms with van der Waals surface area (Å²) in [6.45, 7) is -0.475. The lowest BCUT2D eigenvalue weighted by molar-refractivity contribution is -0.0385. The largest absolute Gasteiger partial charge is 0.394 e. The standard InChI is InChI=1S/C20H18F5N3O4S/c1-2-33(30,31)27-15-8-28(16(9-29)20(15,24)25)19-18-11(6-10(21)7-14(18)32-26-19)17-12(22)4-3-5-13(17)23/h3-7,15-16,27,29H,2,8-9H2,1H3/t15-,16-/m1/s1. The number of benzene rings is 2. The SMILES string of the molecule is CCS(=O)(=O)N[C@@H]1CN(c2noc3cc(F)cc(-c4c(F)cccc4F)c23)[C@H](CO)C1(F)F. The third-order valence-electron chi connectivity index (χ3n) is 5.56. The van der Waals surface area contributed by atoms with E-state index in [1.165, 1.54) is 6.92 Å². The molecule has 2 N–H and O–H groups in total. The van der Waals surface area contributed by atoms with Crippen LogP contribution in [0.25, 0.3) is 22.1 Å². The van der Waals surface area contributed by atoms with Crippen LogP contribution in [0.3, 0.4) is 0 Å². The molecule has 1 saturated heterocycles. The molecule has 3 aromatic rings. The number of halogens is 5. The molecule has 1 aliphatic heterocycles. The Hall–Kier alpha value is -2.77. The quantitative estimate of drug-likeness (QED) is 0.515.